The molecule has 0 radical (unpaired) electrons. The van der Waals surface area contributed by atoms with E-state index in [1.165, 1.54) is 18.3 Å². The second kappa shape index (κ2) is 5.92. The molecule has 1 aromatic heterocycles. The molecule has 106 valence electrons. The van der Waals surface area contributed by atoms with Crippen LogP contribution in [0.2, 0.25) is 0 Å². The lowest BCUT2D eigenvalue weighted by Gasteiger charge is -2.09. The van der Waals surface area contributed by atoms with Crippen molar-refractivity contribution in [2.75, 3.05) is 11.3 Å². The van der Waals surface area contributed by atoms with Crippen molar-refractivity contribution >= 4 is 15.7 Å². The summed E-state index contributed by atoms with van der Waals surface area (Å²) in [5.74, 6) is 0.642. The van der Waals surface area contributed by atoms with Gasteiger partial charge >= 0.3 is 0 Å². The molecule has 0 saturated carbocycles. The number of pyridine rings is 1. The van der Waals surface area contributed by atoms with Crippen LogP contribution in [0.1, 0.15) is 12.5 Å². The zero-order valence-electron chi connectivity index (χ0n) is 11.3. The molecule has 2 aromatic rings. The lowest BCUT2D eigenvalue weighted by molar-refractivity contribution is 0.340. The highest BCUT2D eigenvalue weighted by molar-refractivity contribution is 7.92. The Labute approximate surface area is 118 Å². The maximum absolute atomic E-state index is 12.2. The molecule has 5 nitrogen and oxygen atoms in total. The van der Waals surface area contributed by atoms with Gasteiger partial charge in [-0.05, 0) is 49.7 Å². The molecular weight excluding hydrogens is 276 g/mol. The van der Waals surface area contributed by atoms with Gasteiger partial charge in [0, 0.05) is 6.20 Å². The summed E-state index contributed by atoms with van der Waals surface area (Å²) in [5, 5.41) is 0. The lowest BCUT2D eigenvalue weighted by Crippen LogP contribution is -2.13. The van der Waals surface area contributed by atoms with E-state index >= 15 is 0 Å². The quantitative estimate of drug-likeness (QED) is 0.919. The fourth-order valence-electron chi connectivity index (χ4n) is 1.71. The molecule has 0 bridgehead atoms. The van der Waals surface area contributed by atoms with Gasteiger partial charge in [-0.15, -0.1) is 0 Å². The molecule has 0 unspecified atom stereocenters. The highest BCUT2D eigenvalue weighted by Crippen LogP contribution is 2.19. The second-order valence-electron chi connectivity index (χ2n) is 4.26. The van der Waals surface area contributed by atoms with Crippen molar-refractivity contribution in [1.29, 1.82) is 0 Å². The van der Waals surface area contributed by atoms with E-state index in [2.05, 4.69) is 9.71 Å². The molecular formula is C14H16N2O3S. The van der Waals surface area contributed by atoms with Gasteiger partial charge in [0.25, 0.3) is 10.0 Å². The van der Waals surface area contributed by atoms with Gasteiger partial charge in [0.2, 0.25) is 0 Å². The van der Waals surface area contributed by atoms with E-state index in [0.29, 0.717) is 18.0 Å². The minimum absolute atomic E-state index is 0.183. The number of aromatic nitrogens is 1. The molecule has 0 aliphatic rings. The molecule has 0 aliphatic heterocycles. The van der Waals surface area contributed by atoms with Crippen LogP contribution in [0.3, 0.4) is 0 Å². The van der Waals surface area contributed by atoms with Gasteiger partial charge in [-0.3, -0.25) is 9.71 Å². The summed E-state index contributed by atoms with van der Waals surface area (Å²) in [6.07, 6.45) is 3.13. The summed E-state index contributed by atoms with van der Waals surface area (Å²) in [6.45, 7) is 4.26. The normalized spacial score (nSPS) is 11.1. The number of ether oxygens (including phenoxy) is 1. The number of nitrogens with one attached hydrogen (secondary N) is 1. The first kappa shape index (κ1) is 14.3. The van der Waals surface area contributed by atoms with Crippen molar-refractivity contribution in [2.45, 2.75) is 18.7 Å². The zero-order chi connectivity index (χ0) is 14.6. The average molecular weight is 292 g/mol. The second-order valence-corrected chi connectivity index (χ2v) is 5.94. The van der Waals surface area contributed by atoms with Gasteiger partial charge in [-0.2, -0.15) is 0 Å². The maximum atomic E-state index is 12.2. The molecule has 0 amide bonds. The predicted molar refractivity (Wildman–Crippen MR) is 77.4 cm³/mol. The van der Waals surface area contributed by atoms with Crippen LogP contribution in [-0.4, -0.2) is 20.0 Å². The number of benzene rings is 1. The predicted octanol–water partition coefficient (Wildman–Crippen LogP) is 2.59. The highest BCUT2D eigenvalue weighted by atomic mass is 32.2. The number of aryl methyl sites for hydroxylation is 1. The van der Waals surface area contributed by atoms with Crippen molar-refractivity contribution in [1.82, 2.24) is 4.98 Å². The monoisotopic (exact) mass is 292 g/mol. The standard InChI is InChI=1S/C14H16N2O3S/c1-3-19-13-4-6-14(7-5-13)20(17,18)16-12-8-11(2)9-15-10-12/h4-10,16H,3H2,1-2H3. The van der Waals surface area contributed by atoms with Gasteiger partial charge < -0.3 is 4.74 Å². The first-order valence-electron chi connectivity index (χ1n) is 6.18. The Balaban J connectivity index is 2.21. The molecule has 6 heteroatoms. The molecule has 0 fully saturated rings. The van der Waals surface area contributed by atoms with E-state index in [9.17, 15) is 8.42 Å². The molecule has 1 N–H and O–H groups in total. The lowest BCUT2D eigenvalue weighted by atomic mass is 10.3. The third-order valence-electron chi connectivity index (χ3n) is 2.57. The summed E-state index contributed by atoms with van der Waals surface area (Å²) in [5.41, 5.74) is 1.33. The zero-order valence-corrected chi connectivity index (χ0v) is 12.1. The topological polar surface area (TPSA) is 68.3 Å². The Kier molecular flexibility index (Phi) is 4.24. The smallest absolute Gasteiger partial charge is 0.261 e. The number of sulfonamides is 1. The highest BCUT2D eigenvalue weighted by Gasteiger charge is 2.14. The summed E-state index contributed by atoms with van der Waals surface area (Å²) >= 11 is 0. The maximum Gasteiger partial charge on any atom is 0.261 e. The minimum atomic E-state index is -3.61. The Hall–Kier alpha value is -2.08. The van der Waals surface area contributed by atoms with Crippen LogP contribution in [0.5, 0.6) is 5.75 Å². The number of hydrogen-bond acceptors (Lipinski definition) is 4. The number of hydrogen-bond donors (Lipinski definition) is 1. The van der Waals surface area contributed by atoms with E-state index in [0.717, 1.165) is 5.56 Å². The van der Waals surface area contributed by atoms with E-state index in [-0.39, 0.29) is 4.90 Å². The third-order valence-corrected chi connectivity index (χ3v) is 3.97. The van der Waals surface area contributed by atoms with Gasteiger partial charge in [-0.25, -0.2) is 8.42 Å². The molecule has 0 saturated heterocycles. The summed E-state index contributed by atoms with van der Waals surface area (Å²) in [7, 11) is -3.61. The SMILES string of the molecule is CCOc1ccc(S(=O)(=O)Nc2cncc(C)c2)cc1. The molecule has 0 spiro atoms. The van der Waals surface area contributed by atoms with Crippen LogP contribution < -0.4 is 9.46 Å². The van der Waals surface area contributed by atoms with Crippen LogP contribution in [-0.2, 0) is 10.0 Å². The number of nitrogens with zero attached hydrogens (tertiary/aromatic N) is 1. The van der Waals surface area contributed by atoms with E-state index in [1.807, 2.05) is 13.8 Å². The Morgan fingerprint density at radius 2 is 1.90 bits per heavy atom. The third kappa shape index (κ3) is 3.48. The molecule has 0 atom stereocenters. The average Bonchev–Trinajstić information content (AvgIpc) is 2.39. The van der Waals surface area contributed by atoms with Crippen molar-refractivity contribution < 1.29 is 13.2 Å². The van der Waals surface area contributed by atoms with Crippen LogP contribution in [0.15, 0.2) is 47.6 Å². The van der Waals surface area contributed by atoms with Crippen LogP contribution in [0.4, 0.5) is 5.69 Å². The fraction of sp³-hybridized carbons (Fsp3) is 0.214. The molecule has 20 heavy (non-hydrogen) atoms. The van der Waals surface area contributed by atoms with E-state index < -0.39 is 10.0 Å². The Bertz CT molecular complexity index is 682. The van der Waals surface area contributed by atoms with Gasteiger partial charge in [-0.1, -0.05) is 0 Å². The van der Waals surface area contributed by atoms with Crippen molar-refractivity contribution in [3.63, 3.8) is 0 Å². The van der Waals surface area contributed by atoms with Crippen molar-refractivity contribution in [3.8, 4) is 5.75 Å². The summed E-state index contributed by atoms with van der Waals surface area (Å²) in [4.78, 5) is 4.14. The van der Waals surface area contributed by atoms with Crippen molar-refractivity contribution in [2.24, 2.45) is 0 Å². The molecule has 0 aliphatic carbocycles. The fourth-order valence-corrected chi connectivity index (χ4v) is 2.74. The Morgan fingerprint density at radius 1 is 1.20 bits per heavy atom. The van der Waals surface area contributed by atoms with E-state index in [1.54, 1.807) is 24.4 Å². The van der Waals surface area contributed by atoms with Crippen molar-refractivity contribution in [3.05, 3.63) is 48.3 Å². The first-order chi connectivity index (χ1) is 9.51. The number of anilines is 1. The van der Waals surface area contributed by atoms with Crippen LogP contribution in [0, 0.1) is 6.92 Å². The van der Waals surface area contributed by atoms with Crippen LogP contribution >= 0.6 is 0 Å². The Morgan fingerprint density at radius 3 is 2.50 bits per heavy atom. The summed E-state index contributed by atoms with van der Waals surface area (Å²) in [6, 6.07) is 8.01. The molecule has 2 rings (SSSR count). The largest absolute Gasteiger partial charge is 0.494 e. The molecule has 1 heterocycles. The first-order valence-corrected chi connectivity index (χ1v) is 7.67. The van der Waals surface area contributed by atoms with Crippen LogP contribution in [0.25, 0.3) is 0 Å². The van der Waals surface area contributed by atoms with Gasteiger partial charge in [0.05, 0.1) is 23.4 Å². The van der Waals surface area contributed by atoms with Gasteiger partial charge in [0.15, 0.2) is 0 Å². The minimum Gasteiger partial charge on any atom is -0.494 e. The van der Waals surface area contributed by atoms with Gasteiger partial charge in [0.1, 0.15) is 5.75 Å². The summed E-state index contributed by atoms with van der Waals surface area (Å²) < 4.78 is 32.2. The number of rotatable bonds is 5. The van der Waals surface area contributed by atoms with E-state index in [4.69, 9.17) is 4.74 Å². The molecule has 1 aromatic carbocycles.